The van der Waals surface area contributed by atoms with Gasteiger partial charge in [0.1, 0.15) is 16.1 Å². The van der Waals surface area contributed by atoms with Crippen LogP contribution in [-0.2, 0) is 16.6 Å². The van der Waals surface area contributed by atoms with E-state index in [9.17, 15) is 18.3 Å². The molecule has 0 saturated carbocycles. The van der Waals surface area contributed by atoms with Crippen LogP contribution in [0.5, 0.6) is 5.75 Å². The molecule has 9 nitrogen and oxygen atoms in total. The number of anilines is 1. The van der Waals surface area contributed by atoms with Gasteiger partial charge in [-0.25, -0.2) is 8.42 Å². The molecule has 1 aliphatic heterocycles. The van der Waals surface area contributed by atoms with Gasteiger partial charge in [0.2, 0.25) is 0 Å². The number of benzene rings is 1. The molecule has 1 amide bonds. The van der Waals surface area contributed by atoms with Gasteiger partial charge in [-0.15, -0.1) is 11.3 Å². The van der Waals surface area contributed by atoms with Gasteiger partial charge >= 0.3 is 0 Å². The number of pyridine rings is 1. The molecule has 3 heterocycles. The van der Waals surface area contributed by atoms with Crippen molar-refractivity contribution in [1.29, 1.82) is 0 Å². The van der Waals surface area contributed by atoms with Gasteiger partial charge in [0, 0.05) is 43.6 Å². The van der Waals surface area contributed by atoms with E-state index in [0.29, 0.717) is 25.4 Å². The van der Waals surface area contributed by atoms with E-state index >= 15 is 0 Å². The number of nitrogens with one attached hydrogen (secondary N) is 1. The Morgan fingerprint density at radius 1 is 1.27 bits per heavy atom. The van der Waals surface area contributed by atoms with Crippen molar-refractivity contribution >= 4 is 33.0 Å². The molecule has 3 aromatic rings. The maximum Gasteiger partial charge on any atom is 0.271 e. The van der Waals surface area contributed by atoms with E-state index in [1.807, 2.05) is 26.1 Å². The molecule has 3 atom stereocenters. The number of hydrogen-bond donors (Lipinski definition) is 2. The zero-order chi connectivity index (χ0) is 26.6. The van der Waals surface area contributed by atoms with Crippen LogP contribution in [0.2, 0.25) is 0 Å². The van der Waals surface area contributed by atoms with Crippen LogP contribution in [0.15, 0.2) is 64.4 Å². The van der Waals surface area contributed by atoms with Crippen LogP contribution in [0.4, 0.5) is 5.69 Å². The number of fused-ring (bicyclic) bond motifs is 1. The third kappa shape index (κ3) is 6.48. The molecular weight excluding hydrogens is 512 g/mol. The molecule has 0 fully saturated rings. The molecule has 11 heteroatoms. The maximum atomic E-state index is 13.6. The monoisotopic (exact) mass is 544 g/mol. The number of nitrogens with zero attached hydrogens (tertiary/aromatic N) is 3. The molecule has 0 radical (unpaired) electrons. The second kappa shape index (κ2) is 11.6. The summed E-state index contributed by atoms with van der Waals surface area (Å²) in [6, 6.07) is 11.4. The van der Waals surface area contributed by atoms with Crippen LogP contribution < -0.4 is 9.46 Å². The average molecular weight is 545 g/mol. The Balaban J connectivity index is 1.63. The number of rotatable bonds is 9. The van der Waals surface area contributed by atoms with Gasteiger partial charge in [-0.3, -0.25) is 19.4 Å². The molecular formula is C26H32N4O5S2. The SMILES string of the molecule is C[C@@H]1CN([C@H](C)CO)C(=O)c2cc(NS(=O)(=O)c3cccs3)ccc2O[C@@H]1CN(C)Cc1ccncc1. The summed E-state index contributed by atoms with van der Waals surface area (Å²) in [7, 11) is -1.77. The fraction of sp³-hybridized carbons (Fsp3) is 0.385. The second-order valence-corrected chi connectivity index (χ2v) is 12.3. The molecule has 0 unspecified atom stereocenters. The average Bonchev–Trinajstić information content (AvgIpc) is 3.43. The number of aromatic nitrogens is 1. The minimum atomic E-state index is -3.78. The largest absolute Gasteiger partial charge is 0.488 e. The third-order valence-corrected chi connectivity index (χ3v) is 9.15. The Bertz CT molecular complexity index is 1300. The van der Waals surface area contributed by atoms with Crippen LogP contribution in [0.1, 0.15) is 29.8 Å². The van der Waals surface area contributed by atoms with Crippen LogP contribution >= 0.6 is 11.3 Å². The Hall–Kier alpha value is -2.99. The predicted octanol–water partition coefficient (Wildman–Crippen LogP) is 3.30. The zero-order valence-corrected chi connectivity index (χ0v) is 22.7. The highest BCUT2D eigenvalue weighted by Gasteiger charge is 2.33. The Kier molecular flexibility index (Phi) is 8.48. The molecule has 1 aliphatic rings. The summed E-state index contributed by atoms with van der Waals surface area (Å²) >= 11 is 1.11. The van der Waals surface area contributed by atoms with E-state index in [2.05, 4.69) is 14.6 Å². The first-order valence-corrected chi connectivity index (χ1v) is 14.4. The number of carbonyl (C=O) groups excluding carboxylic acids is 1. The van der Waals surface area contributed by atoms with Crippen molar-refractivity contribution in [2.24, 2.45) is 5.92 Å². The van der Waals surface area contributed by atoms with E-state index in [4.69, 9.17) is 4.74 Å². The molecule has 0 aliphatic carbocycles. The van der Waals surface area contributed by atoms with Crippen molar-refractivity contribution in [2.75, 3.05) is 31.5 Å². The van der Waals surface area contributed by atoms with E-state index in [1.54, 1.807) is 47.8 Å². The number of thiophene rings is 1. The molecule has 198 valence electrons. The van der Waals surface area contributed by atoms with E-state index in [1.165, 1.54) is 12.1 Å². The van der Waals surface area contributed by atoms with Crippen molar-refractivity contribution < 1.29 is 23.1 Å². The molecule has 4 rings (SSSR count). The first kappa shape index (κ1) is 27.1. The van der Waals surface area contributed by atoms with Crippen molar-refractivity contribution in [3.8, 4) is 5.75 Å². The third-order valence-electron chi connectivity index (χ3n) is 6.37. The summed E-state index contributed by atoms with van der Waals surface area (Å²) in [5.41, 5.74) is 1.64. The number of amides is 1. The number of sulfonamides is 1. The predicted molar refractivity (Wildman–Crippen MR) is 143 cm³/mol. The Morgan fingerprint density at radius 3 is 2.70 bits per heavy atom. The van der Waals surface area contributed by atoms with Gasteiger partial charge in [0.25, 0.3) is 15.9 Å². The van der Waals surface area contributed by atoms with Crippen LogP contribution in [-0.4, -0.2) is 73.1 Å². The van der Waals surface area contributed by atoms with Gasteiger partial charge in [0.05, 0.1) is 18.2 Å². The number of aliphatic hydroxyl groups is 1. The molecule has 0 spiro atoms. The number of likely N-dealkylation sites (N-methyl/N-ethyl adjacent to an activating group) is 1. The van der Waals surface area contributed by atoms with Crippen LogP contribution in [0.25, 0.3) is 0 Å². The van der Waals surface area contributed by atoms with Gasteiger partial charge in [-0.2, -0.15) is 0 Å². The smallest absolute Gasteiger partial charge is 0.271 e. The fourth-order valence-corrected chi connectivity index (χ4v) is 6.34. The second-order valence-electron chi connectivity index (χ2n) is 9.42. The van der Waals surface area contributed by atoms with Gasteiger partial charge in [0.15, 0.2) is 0 Å². The van der Waals surface area contributed by atoms with Crippen molar-refractivity contribution in [3.63, 3.8) is 0 Å². The lowest BCUT2D eigenvalue weighted by Gasteiger charge is -2.38. The maximum absolute atomic E-state index is 13.6. The molecule has 0 saturated heterocycles. The topological polar surface area (TPSA) is 112 Å². The first-order chi connectivity index (χ1) is 17.7. The standard InChI is InChI=1S/C26H32N4O5S2/c1-18-14-30(19(2)17-31)26(32)22-13-21(28-37(33,34)25-5-4-12-36-25)6-7-23(22)35-24(18)16-29(3)15-20-8-10-27-11-9-20/h4-13,18-19,24,28,31H,14-17H2,1-3H3/t18-,19-,24-/m1/s1. The lowest BCUT2D eigenvalue weighted by Crippen LogP contribution is -2.49. The first-order valence-electron chi connectivity index (χ1n) is 12.0. The van der Waals surface area contributed by atoms with Crippen molar-refractivity contribution in [2.45, 2.75) is 36.7 Å². The number of hydrogen-bond acceptors (Lipinski definition) is 8. The van der Waals surface area contributed by atoms with E-state index < -0.39 is 16.1 Å². The van der Waals surface area contributed by atoms with E-state index in [0.717, 1.165) is 16.9 Å². The molecule has 1 aromatic carbocycles. The summed E-state index contributed by atoms with van der Waals surface area (Å²) in [5.74, 6) is 0.0419. The summed E-state index contributed by atoms with van der Waals surface area (Å²) in [6.45, 7) is 5.34. The highest BCUT2D eigenvalue weighted by Crippen LogP contribution is 2.32. The minimum Gasteiger partial charge on any atom is -0.488 e. The highest BCUT2D eigenvalue weighted by atomic mass is 32.2. The number of carbonyl (C=O) groups is 1. The van der Waals surface area contributed by atoms with Gasteiger partial charge < -0.3 is 14.7 Å². The molecule has 2 aromatic heterocycles. The molecule has 2 N–H and O–H groups in total. The minimum absolute atomic E-state index is 0.0250. The van der Waals surface area contributed by atoms with Crippen LogP contribution in [0.3, 0.4) is 0 Å². The lowest BCUT2D eigenvalue weighted by molar-refractivity contribution is 0.0341. The van der Waals surface area contributed by atoms with E-state index in [-0.39, 0.29) is 40.0 Å². The van der Waals surface area contributed by atoms with Crippen LogP contribution in [0, 0.1) is 5.92 Å². The number of ether oxygens (including phenoxy) is 1. The lowest BCUT2D eigenvalue weighted by atomic mass is 9.99. The quantitative estimate of drug-likeness (QED) is 0.425. The molecule has 37 heavy (non-hydrogen) atoms. The summed E-state index contributed by atoms with van der Waals surface area (Å²) < 4.78 is 34.7. The van der Waals surface area contributed by atoms with Gasteiger partial charge in [-0.05, 0) is 61.3 Å². The highest BCUT2D eigenvalue weighted by molar-refractivity contribution is 7.94. The van der Waals surface area contributed by atoms with Crippen molar-refractivity contribution in [3.05, 3.63) is 71.4 Å². The number of aliphatic hydroxyl groups excluding tert-OH is 1. The van der Waals surface area contributed by atoms with Crippen molar-refractivity contribution in [1.82, 2.24) is 14.8 Å². The normalized spacial score (nSPS) is 19.1. The Morgan fingerprint density at radius 2 is 2.03 bits per heavy atom. The fourth-order valence-electron chi connectivity index (χ4n) is 4.30. The Labute approximate surface area is 221 Å². The summed E-state index contributed by atoms with van der Waals surface area (Å²) in [5, 5.41) is 11.5. The van der Waals surface area contributed by atoms with Gasteiger partial charge in [-0.1, -0.05) is 13.0 Å². The zero-order valence-electron chi connectivity index (χ0n) is 21.1. The summed E-state index contributed by atoms with van der Waals surface area (Å²) in [4.78, 5) is 21.5. The molecule has 0 bridgehead atoms. The summed E-state index contributed by atoms with van der Waals surface area (Å²) in [6.07, 6.45) is 3.28.